The number of aromatic nitrogens is 2. The molecule has 0 bridgehead atoms. The molecule has 0 aliphatic carbocycles. The average molecular weight is 313 g/mol. The van der Waals surface area contributed by atoms with Gasteiger partial charge < -0.3 is 9.88 Å². The highest BCUT2D eigenvalue weighted by molar-refractivity contribution is 5.92. The number of para-hydroxylation sites is 2. The van der Waals surface area contributed by atoms with E-state index in [-0.39, 0.29) is 5.91 Å². The molecule has 0 aliphatic heterocycles. The van der Waals surface area contributed by atoms with E-state index in [1.165, 1.54) is 5.52 Å². The second-order valence-electron chi connectivity index (χ2n) is 6.28. The summed E-state index contributed by atoms with van der Waals surface area (Å²) in [4.78, 5) is 16.3. The van der Waals surface area contributed by atoms with Crippen LogP contribution >= 0.6 is 0 Å². The number of hydrogen-bond donors (Lipinski definition) is 1. The van der Waals surface area contributed by atoms with Crippen molar-refractivity contribution in [3.8, 4) is 0 Å². The van der Waals surface area contributed by atoms with Crippen molar-refractivity contribution < 1.29 is 4.79 Å². The molecule has 0 fully saturated rings. The molecule has 4 heteroatoms. The highest BCUT2D eigenvalue weighted by Crippen LogP contribution is 2.19. The lowest BCUT2D eigenvalue weighted by Crippen LogP contribution is -2.25. The number of nitrogens with one attached hydrogen (secondary N) is 1. The third kappa shape index (κ3) is 4.44. The first kappa shape index (κ1) is 17.3. The van der Waals surface area contributed by atoms with Crippen molar-refractivity contribution in [2.75, 3.05) is 6.54 Å². The summed E-state index contributed by atoms with van der Waals surface area (Å²) in [6.07, 6.45) is 2.89. The molecule has 23 heavy (non-hydrogen) atoms. The van der Waals surface area contributed by atoms with Crippen LogP contribution in [0.15, 0.2) is 36.4 Å². The molecule has 1 unspecified atom stereocenters. The Bertz CT molecular complexity index is 687. The minimum atomic E-state index is -0.0712. The summed E-state index contributed by atoms with van der Waals surface area (Å²) in [6, 6.07) is 8.29. The van der Waals surface area contributed by atoms with Gasteiger partial charge in [0, 0.05) is 25.1 Å². The standard InChI is InChI=1S/C19H27N3O/c1-5-15(4)13-22-17-10-7-6-9-16(17)21-18(22)11-8-12-20-19(23)14(2)3/h6-7,9-10,15H,2,5,8,11-13H2,1,3-4H3,(H,20,23). The van der Waals surface area contributed by atoms with E-state index in [9.17, 15) is 4.79 Å². The zero-order valence-corrected chi connectivity index (χ0v) is 14.4. The number of carbonyl (C=O) groups is 1. The van der Waals surface area contributed by atoms with E-state index in [2.05, 4.69) is 48.5 Å². The first-order valence-electron chi connectivity index (χ1n) is 8.40. The van der Waals surface area contributed by atoms with Gasteiger partial charge in [0.05, 0.1) is 11.0 Å². The van der Waals surface area contributed by atoms with E-state index in [4.69, 9.17) is 4.98 Å². The Morgan fingerprint density at radius 3 is 2.83 bits per heavy atom. The van der Waals surface area contributed by atoms with Crippen molar-refractivity contribution in [3.63, 3.8) is 0 Å². The minimum Gasteiger partial charge on any atom is -0.352 e. The van der Waals surface area contributed by atoms with Gasteiger partial charge in [-0.3, -0.25) is 4.79 Å². The van der Waals surface area contributed by atoms with E-state index in [1.807, 2.05) is 6.07 Å². The Morgan fingerprint density at radius 1 is 1.39 bits per heavy atom. The van der Waals surface area contributed by atoms with Gasteiger partial charge in [-0.15, -0.1) is 0 Å². The maximum Gasteiger partial charge on any atom is 0.246 e. The second-order valence-corrected chi connectivity index (χ2v) is 6.28. The van der Waals surface area contributed by atoms with Gasteiger partial charge in [-0.1, -0.05) is 39.0 Å². The Kier molecular flexibility index (Phi) is 5.97. The van der Waals surface area contributed by atoms with Gasteiger partial charge in [0.2, 0.25) is 5.91 Å². The molecule has 0 aliphatic rings. The summed E-state index contributed by atoms with van der Waals surface area (Å²) in [7, 11) is 0. The molecule has 0 saturated carbocycles. The lowest BCUT2D eigenvalue weighted by molar-refractivity contribution is -0.117. The van der Waals surface area contributed by atoms with Gasteiger partial charge in [-0.25, -0.2) is 4.98 Å². The smallest absolute Gasteiger partial charge is 0.246 e. The van der Waals surface area contributed by atoms with Crippen LogP contribution in [0.1, 0.15) is 39.4 Å². The zero-order chi connectivity index (χ0) is 16.8. The van der Waals surface area contributed by atoms with Crippen LogP contribution in [-0.4, -0.2) is 22.0 Å². The van der Waals surface area contributed by atoms with Crippen molar-refractivity contribution in [2.45, 2.75) is 46.6 Å². The topological polar surface area (TPSA) is 46.9 Å². The van der Waals surface area contributed by atoms with Crippen LogP contribution in [0.3, 0.4) is 0 Å². The summed E-state index contributed by atoms with van der Waals surface area (Å²) >= 11 is 0. The first-order chi connectivity index (χ1) is 11.0. The Hall–Kier alpha value is -2.10. The van der Waals surface area contributed by atoms with Gasteiger partial charge in [0.15, 0.2) is 0 Å². The largest absolute Gasteiger partial charge is 0.352 e. The lowest BCUT2D eigenvalue weighted by atomic mass is 10.1. The third-order valence-electron chi connectivity index (χ3n) is 4.18. The average Bonchev–Trinajstić information content (AvgIpc) is 2.89. The van der Waals surface area contributed by atoms with Gasteiger partial charge in [-0.2, -0.15) is 0 Å². The summed E-state index contributed by atoms with van der Waals surface area (Å²) in [5, 5.41) is 2.88. The van der Waals surface area contributed by atoms with E-state index in [1.54, 1.807) is 6.92 Å². The number of amides is 1. The summed E-state index contributed by atoms with van der Waals surface area (Å²) in [5.74, 6) is 1.66. The molecule has 2 rings (SSSR count). The molecule has 1 aromatic carbocycles. The maximum absolute atomic E-state index is 11.5. The SMILES string of the molecule is C=C(C)C(=O)NCCCc1nc2ccccc2n1CC(C)CC. The van der Waals surface area contributed by atoms with Crippen molar-refractivity contribution in [2.24, 2.45) is 5.92 Å². The summed E-state index contributed by atoms with van der Waals surface area (Å²) in [6.45, 7) is 11.5. The predicted octanol–water partition coefficient (Wildman–Crippen LogP) is 3.71. The third-order valence-corrected chi connectivity index (χ3v) is 4.18. The van der Waals surface area contributed by atoms with Crippen LogP contribution in [0.5, 0.6) is 0 Å². The van der Waals surface area contributed by atoms with Gasteiger partial charge in [0.25, 0.3) is 0 Å². The van der Waals surface area contributed by atoms with Crippen molar-refractivity contribution in [1.29, 1.82) is 0 Å². The monoisotopic (exact) mass is 313 g/mol. The number of rotatable bonds is 8. The number of nitrogens with zero attached hydrogens (tertiary/aromatic N) is 2. The number of benzene rings is 1. The molecular weight excluding hydrogens is 286 g/mol. The maximum atomic E-state index is 11.5. The first-order valence-corrected chi connectivity index (χ1v) is 8.40. The van der Waals surface area contributed by atoms with Gasteiger partial charge in [-0.05, 0) is 31.4 Å². The molecule has 2 aromatic rings. The number of fused-ring (bicyclic) bond motifs is 1. The molecule has 1 N–H and O–H groups in total. The quantitative estimate of drug-likeness (QED) is 0.596. The fourth-order valence-corrected chi connectivity index (χ4v) is 2.56. The molecule has 0 saturated heterocycles. The van der Waals surface area contributed by atoms with Crippen molar-refractivity contribution in [3.05, 3.63) is 42.2 Å². The molecule has 124 valence electrons. The van der Waals surface area contributed by atoms with Crippen LogP contribution in [0.25, 0.3) is 11.0 Å². The Morgan fingerprint density at radius 2 is 2.13 bits per heavy atom. The van der Waals surface area contributed by atoms with Crippen LogP contribution in [0, 0.1) is 5.92 Å². The van der Waals surface area contributed by atoms with Crippen molar-refractivity contribution in [1.82, 2.24) is 14.9 Å². The molecule has 1 atom stereocenters. The van der Waals surface area contributed by atoms with E-state index in [0.29, 0.717) is 18.0 Å². The highest BCUT2D eigenvalue weighted by atomic mass is 16.1. The number of aryl methyl sites for hydroxylation is 1. The normalized spacial score (nSPS) is 12.3. The van der Waals surface area contributed by atoms with Crippen LogP contribution in [-0.2, 0) is 17.8 Å². The fraction of sp³-hybridized carbons (Fsp3) is 0.474. The molecule has 1 heterocycles. The molecule has 0 radical (unpaired) electrons. The zero-order valence-electron chi connectivity index (χ0n) is 14.4. The summed E-state index contributed by atoms with van der Waals surface area (Å²) < 4.78 is 2.34. The number of imidazole rings is 1. The minimum absolute atomic E-state index is 0.0712. The van der Waals surface area contributed by atoms with E-state index in [0.717, 1.165) is 37.1 Å². The van der Waals surface area contributed by atoms with Crippen LogP contribution in [0.4, 0.5) is 0 Å². The van der Waals surface area contributed by atoms with E-state index < -0.39 is 0 Å². The van der Waals surface area contributed by atoms with Gasteiger partial charge >= 0.3 is 0 Å². The fourth-order valence-electron chi connectivity index (χ4n) is 2.56. The number of hydrogen-bond acceptors (Lipinski definition) is 2. The Balaban J connectivity index is 2.08. The molecule has 0 spiro atoms. The molecule has 1 aromatic heterocycles. The Labute approximate surface area is 138 Å². The number of carbonyl (C=O) groups excluding carboxylic acids is 1. The van der Waals surface area contributed by atoms with E-state index >= 15 is 0 Å². The van der Waals surface area contributed by atoms with Crippen LogP contribution < -0.4 is 5.32 Å². The predicted molar refractivity (Wildman–Crippen MR) is 95.3 cm³/mol. The molecule has 1 amide bonds. The lowest BCUT2D eigenvalue weighted by Gasteiger charge is -2.14. The van der Waals surface area contributed by atoms with Crippen LogP contribution in [0.2, 0.25) is 0 Å². The second kappa shape index (κ2) is 7.95. The highest BCUT2D eigenvalue weighted by Gasteiger charge is 2.12. The molecular formula is C19H27N3O. The van der Waals surface area contributed by atoms with Crippen molar-refractivity contribution >= 4 is 16.9 Å². The summed E-state index contributed by atoms with van der Waals surface area (Å²) in [5.41, 5.74) is 2.81. The van der Waals surface area contributed by atoms with Gasteiger partial charge in [0.1, 0.15) is 5.82 Å². The molecule has 4 nitrogen and oxygen atoms in total.